The Morgan fingerprint density at radius 2 is 2.13 bits per heavy atom. The Morgan fingerprint density at radius 1 is 1.53 bits per heavy atom. The summed E-state index contributed by atoms with van der Waals surface area (Å²) in [7, 11) is 0. The number of allylic oxidation sites excluding steroid dienone is 3. The summed E-state index contributed by atoms with van der Waals surface area (Å²) in [5.41, 5.74) is 6.12. The van der Waals surface area contributed by atoms with Crippen LogP contribution in [0.15, 0.2) is 23.3 Å². The predicted molar refractivity (Wildman–Crippen MR) is 53.4 cm³/mol. The Morgan fingerprint density at radius 3 is 2.60 bits per heavy atom. The molecule has 2 nitrogen and oxygen atoms in total. The van der Waals surface area contributed by atoms with Crippen molar-refractivity contribution in [3.8, 4) is 0 Å². The van der Waals surface area contributed by atoms with Crippen molar-refractivity contribution in [1.82, 2.24) is 0 Å². The molecule has 0 aromatic carbocycles. The van der Waals surface area contributed by atoms with Crippen molar-refractivity contribution in [3.63, 3.8) is 0 Å². The van der Waals surface area contributed by atoms with Gasteiger partial charge < -0.3 is 10.5 Å². The lowest BCUT2D eigenvalue weighted by Crippen LogP contribution is -2.45. The van der Waals surface area contributed by atoms with E-state index in [9.17, 15) is 8.78 Å². The van der Waals surface area contributed by atoms with Crippen LogP contribution in [0.25, 0.3) is 0 Å². The summed E-state index contributed by atoms with van der Waals surface area (Å²) in [6.07, 6.45) is 1.63. The van der Waals surface area contributed by atoms with Gasteiger partial charge in [-0.2, -0.15) is 0 Å². The van der Waals surface area contributed by atoms with Crippen molar-refractivity contribution in [3.05, 3.63) is 23.3 Å². The summed E-state index contributed by atoms with van der Waals surface area (Å²) in [4.78, 5) is 0. The highest BCUT2D eigenvalue weighted by atomic mass is 19.2. The van der Waals surface area contributed by atoms with Gasteiger partial charge in [-0.05, 0) is 25.0 Å². The van der Waals surface area contributed by atoms with Gasteiger partial charge in [0, 0.05) is 5.92 Å². The topological polar surface area (TPSA) is 38.5 Å². The Bertz CT molecular complexity index is 342. The van der Waals surface area contributed by atoms with Crippen LogP contribution in [0.1, 0.15) is 20.3 Å². The highest BCUT2D eigenvalue weighted by molar-refractivity contribution is 5.35. The van der Waals surface area contributed by atoms with E-state index in [4.69, 9.17) is 10.5 Å². The van der Waals surface area contributed by atoms with Crippen LogP contribution in [0.5, 0.6) is 0 Å². The number of hydrogen-bond donors (Lipinski definition) is 1. The summed E-state index contributed by atoms with van der Waals surface area (Å²) in [5.74, 6) is -1.89. The Labute approximate surface area is 87.8 Å². The van der Waals surface area contributed by atoms with Gasteiger partial charge in [-0.1, -0.05) is 6.92 Å². The van der Waals surface area contributed by atoms with Gasteiger partial charge in [-0.15, -0.1) is 0 Å². The zero-order valence-electron chi connectivity index (χ0n) is 8.89. The Hall–Kier alpha value is -0.740. The number of epoxide rings is 1. The lowest BCUT2D eigenvalue weighted by atomic mass is 9.81. The standard InChI is InChI=1S/C11H15F2NO/c1-6-3-7(4-8(12)10(6)13)11(2,14)9-5-15-9/h4,6,9H,3,5,14H2,1-2H3/t6?,9-,11?/m0/s1. The first kappa shape index (κ1) is 10.8. The van der Waals surface area contributed by atoms with Crippen LogP contribution in [0.3, 0.4) is 0 Å². The molecule has 15 heavy (non-hydrogen) atoms. The average Bonchev–Trinajstić information content (AvgIpc) is 2.96. The van der Waals surface area contributed by atoms with Crippen molar-refractivity contribution in [2.24, 2.45) is 11.7 Å². The molecule has 1 saturated heterocycles. The monoisotopic (exact) mass is 215 g/mol. The molecular formula is C11H15F2NO. The number of nitrogens with two attached hydrogens (primary N) is 1. The number of rotatable bonds is 2. The second-order valence-electron chi connectivity index (χ2n) is 4.58. The smallest absolute Gasteiger partial charge is 0.154 e. The van der Waals surface area contributed by atoms with Gasteiger partial charge in [0.2, 0.25) is 0 Å². The summed E-state index contributed by atoms with van der Waals surface area (Å²) < 4.78 is 31.5. The molecule has 2 unspecified atom stereocenters. The molecule has 0 radical (unpaired) electrons. The molecule has 1 heterocycles. The number of hydrogen-bond acceptors (Lipinski definition) is 2. The molecule has 0 bridgehead atoms. The van der Waals surface area contributed by atoms with Crippen LogP contribution in [0, 0.1) is 5.92 Å². The molecule has 1 aliphatic carbocycles. The van der Waals surface area contributed by atoms with Crippen molar-refractivity contribution >= 4 is 0 Å². The minimum atomic E-state index is -0.791. The van der Waals surface area contributed by atoms with Crippen molar-refractivity contribution in [2.75, 3.05) is 6.61 Å². The Balaban J connectivity index is 2.27. The SMILES string of the molecule is CC1CC(C(C)(N)[C@@H]2CO2)=CC(F)=C1F. The average molecular weight is 215 g/mol. The van der Waals surface area contributed by atoms with Crippen molar-refractivity contribution in [2.45, 2.75) is 31.9 Å². The van der Waals surface area contributed by atoms with E-state index in [2.05, 4.69) is 0 Å². The summed E-state index contributed by atoms with van der Waals surface area (Å²) in [6, 6.07) is 0. The normalized spacial score (nSPS) is 34.9. The van der Waals surface area contributed by atoms with Gasteiger partial charge in [0.15, 0.2) is 5.83 Å². The van der Waals surface area contributed by atoms with Crippen molar-refractivity contribution < 1.29 is 13.5 Å². The second-order valence-corrected chi connectivity index (χ2v) is 4.58. The number of ether oxygens (including phenoxy) is 1. The zero-order chi connectivity index (χ0) is 11.2. The molecule has 2 N–H and O–H groups in total. The largest absolute Gasteiger partial charge is 0.371 e. The van der Waals surface area contributed by atoms with E-state index in [1.807, 2.05) is 0 Å². The molecule has 1 aliphatic heterocycles. The van der Waals surface area contributed by atoms with Gasteiger partial charge in [0.25, 0.3) is 0 Å². The van der Waals surface area contributed by atoms with Crippen LogP contribution in [0.4, 0.5) is 8.78 Å². The van der Waals surface area contributed by atoms with E-state index in [0.29, 0.717) is 13.0 Å². The van der Waals surface area contributed by atoms with Crippen LogP contribution in [0.2, 0.25) is 0 Å². The van der Waals surface area contributed by atoms with E-state index in [-0.39, 0.29) is 6.10 Å². The molecule has 0 amide bonds. The van der Waals surface area contributed by atoms with Gasteiger partial charge in [-0.25, -0.2) is 8.78 Å². The van der Waals surface area contributed by atoms with E-state index >= 15 is 0 Å². The van der Waals surface area contributed by atoms with Gasteiger partial charge >= 0.3 is 0 Å². The molecule has 0 aromatic heterocycles. The molecule has 4 heteroatoms. The van der Waals surface area contributed by atoms with Gasteiger partial charge in [-0.3, -0.25) is 0 Å². The molecule has 3 atom stereocenters. The fourth-order valence-electron chi connectivity index (χ4n) is 1.91. The van der Waals surface area contributed by atoms with E-state index in [0.717, 1.165) is 5.57 Å². The highest BCUT2D eigenvalue weighted by Crippen LogP contribution is 2.38. The lowest BCUT2D eigenvalue weighted by molar-refractivity contribution is 0.317. The maximum absolute atomic E-state index is 13.2. The van der Waals surface area contributed by atoms with Crippen molar-refractivity contribution in [1.29, 1.82) is 0 Å². The van der Waals surface area contributed by atoms with Crippen LogP contribution in [-0.2, 0) is 4.74 Å². The molecule has 2 rings (SSSR count). The zero-order valence-corrected chi connectivity index (χ0v) is 8.89. The summed E-state index contributed by atoms with van der Waals surface area (Å²) in [6.45, 7) is 4.07. The second kappa shape index (κ2) is 3.39. The minimum absolute atomic E-state index is 0.0510. The van der Waals surface area contributed by atoms with E-state index in [1.54, 1.807) is 13.8 Å². The number of halogens is 2. The molecule has 0 spiro atoms. The molecule has 0 aromatic rings. The lowest BCUT2D eigenvalue weighted by Gasteiger charge is -2.30. The Kier molecular flexibility index (Phi) is 2.43. The molecular weight excluding hydrogens is 200 g/mol. The van der Waals surface area contributed by atoms with E-state index in [1.165, 1.54) is 6.08 Å². The third-order valence-corrected chi connectivity index (χ3v) is 3.18. The maximum Gasteiger partial charge on any atom is 0.154 e. The van der Waals surface area contributed by atoms with Crippen LogP contribution >= 0.6 is 0 Å². The molecule has 1 fully saturated rings. The fourth-order valence-corrected chi connectivity index (χ4v) is 1.91. The fraction of sp³-hybridized carbons (Fsp3) is 0.636. The first-order valence-electron chi connectivity index (χ1n) is 5.09. The van der Waals surface area contributed by atoms with Crippen LogP contribution in [-0.4, -0.2) is 18.2 Å². The van der Waals surface area contributed by atoms with Gasteiger partial charge in [0.1, 0.15) is 11.9 Å². The minimum Gasteiger partial charge on any atom is -0.371 e. The first-order chi connectivity index (χ1) is 6.93. The van der Waals surface area contributed by atoms with Gasteiger partial charge in [0.05, 0.1) is 12.1 Å². The third kappa shape index (κ3) is 1.84. The molecule has 84 valence electrons. The summed E-state index contributed by atoms with van der Waals surface area (Å²) >= 11 is 0. The molecule has 2 aliphatic rings. The molecule has 0 saturated carbocycles. The third-order valence-electron chi connectivity index (χ3n) is 3.18. The highest BCUT2D eigenvalue weighted by Gasteiger charge is 2.44. The first-order valence-corrected chi connectivity index (χ1v) is 5.09. The quantitative estimate of drug-likeness (QED) is 0.717. The van der Waals surface area contributed by atoms with Crippen LogP contribution < -0.4 is 5.73 Å². The van der Waals surface area contributed by atoms with E-state index < -0.39 is 23.1 Å². The maximum atomic E-state index is 13.2. The predicted octanol–water partition coefficient (Wildman–Crippen LogP) is 2.22. The summed E-state index contributed by atoms with van der Waals surface area (Å²) in [5, 5.41) is 0.